The number of aliphatic hydroxyl groups excluding tert-OH is 1. The molecule has 0 bridgehead atoms. The molecule has 0 aromatic rings. The summed E-state index contributed by atoms with van der Waals surface area (Å²) >= 11 is 0. The number of nitrogens with zero attached hydrogens (tertiary/aromatic N) is 1. The monoisotopic (exact) mass is 237 g/mol. The largest absolute Gasteiger partial charge is 0.395 e. The van der Waals surface area contributed by atoms with E-state index >= 15 is 0 Å². The first-order chi connectivity index (χ1) is 6.73. The van der Waals surface area contributed by atoms with Crippen LogP contribution in [0, 0.1) is 5.92 Å². The zero-order valence-corrected chi connectivity index (χ0v) is 11.1. The summed E-state index contributed by atoms with van der Waals surface area (Å²) in [5, 5.41) is 8.15. The smallest absolute Gasteiger partial charge is 0.218 e. The SMILES string of the molecule is CC(C)CC(C)N(C)S(=O)(=O)C(C)CO. The molecule has 0 aromatic heterocycles. The third-order valence-corrected chi connectivity index (χ3v) is 4.93. The number of rotatable bonds is 6. The molecule has 0 spiro atoms. The van der Waals surface area contributed by atoms with E-state index in [-0.39, 0.29) is 12.6 Å². The fourth-order valence-electron chi connectivity index (χ4n) is 1.46. The Labute approximate surface area is 93.3 Å². The standard InChI is InChI=1S/C10H23NO3S/c1-8(2)6-9(3)11(5)15(13,14)10(4)7-12/h8-10,12H,6-7H2,1-5H3. The van der Waals surface area contributed by atoms with Gasteiger partial charge in [0, 0.05) is 13.1 Å². The molecule has 15 heavy (non-hydrogen) atoms. The molecular formula is C10H23NO3S. The van der Waals surface area contributed by atoms with Crippen molar-refractivity contribution in [2.75, 3.05) is 13.7 Å². The molecule has 0 amide bonds. The van der Waals surface area contributed by atoms with Gasteiger partial charge in [-0.15, -0.1) is 0 Å². The van der Waals surface area contributed by atoms with Gasteiger partial charge in [-0.05, 0) is 26.2 Å². The van der Waals surface area contributed by atoms with Gasteiger partial charge in [0.25, 0.3) is 0 Å². The van der Waals surface area contributed by atoms with Gasteiger partial charge in [0.05, 0.1) is 11.9 Å². The molecule has 2 unspecified atom stereocenters. The molecule has 0 aliphatic heterocycles. The van der Waals surface area contributed by atoms with Crippen LogP contribution in [0.25, 0.3) is 0 Å². The molecule has 0 saturated heterocycles. The first kappa shape index (κ1) is 14.9. The van der Waals surface area contributed by atoms with Gasteiger partial charge in [-0.25, -0.2) is 12.7 Å². The van der Waals surface area contributed by atoms with Gasteiger partial charge < -0.3 is 5.11 Å². The van der Waals surface area contributed by atoms with Crippen LogP contribution in [-0.2, 0) is 10.0 Å². The predicted octanol–water partition coefficient (Wildman–Crippen LogP) is 1.06. The van der Waals surface area contributed by atoms with E-state index in [4.69, 9.17) is 5.11 Å². The van der Waals surface area contributed by atoms with E-state index in [0.717, 1.165) is 6.42 Å². The molecule has 0 fully saturated rings. The average Bonchev–Trinajstić information content (AvgIpc) is 2.13. The second-order valence-corrected chi connectivity index (χ2v) is 6.94. The summed E-state index contributed by atoms with van der Waals surface area (Å²) in [5.74, 6) is 0.460. The summed E-state index contributed by atoms with van der Waals surface area (Å²) in [4.78, 5) is 0. The van der Waals surface area contributed by atoms with Gasteiger partial charge in [-0.2, -0.15) is 0 Å². The van der Waals surface area contributed by atoms with Gasteiger partial charge in [-0.1, -0.05) is 13.8 Å². The zero-order chi connectivity index (χ0) is 12.2. The number of hydrogen-bond acceptors (Lipinski definition) is 3. The predicted molar refractivity (Wildman–Crippen MR) is 62.1 cm³/mol. The maximum Gasteiger partial charge on any atom is 0.218 e. The summed E-state index contributed by atoms with van der Waals surface area (Å²) in [5.41, 5.74) is 0. The van der Waals surface area contributed by atoms with Gasteiger partial charge in [0.1, 0.15) is 0 Å². The van der Waals surface area contributed by atoms with E-state index in [9.17, 15) is 8.42 Å². The van der Waals surface area contributed by atoms with Crippen molar-refractivity contribution in [1.29, 1.82) is 0 Å². The Balaban J connectivity index is 4.62. The van der Waals surface area contributed by atoms with Crippen molar-refractivity contribution in [2.45, 2.75) is 45.4 Å². The fraction of sp³-hybridized carbons (Fsp3) is 1.00. The Morgan fingerprint density at radius 1 is 1.20 bits per heavy atom. The number of aliphatic hydroxyl groups is 1. The van der Waals surface area contributed by atoms with E-state index in [1.54, 1.807) is 7.05 Å². The van der Waals surface area contributed by atoms with E-state index in [0.29, 0.717) is 5.92 Å². The third-order valence-electron chi connectivity index (χ3n) is 2.60. The second-order valence-electron chi connectivity index (χ2n) is 4.53. The summed E-state index contributed by atoms with van der Waals surface area (Å²) in [6.07, 6.45) is 0.827. The van der Waals surface area contributed by atoms with Crippen molar-refractivity contribution in [3.05, 3.63) is 0 Å². The highest BCUT2D eigenvalue weighted by atomic mass is 32.2. The molecule has 0 radical (unpaired) electrons. The van der Waals surface area contributed by atoms with E-state index in [1.807, 2.05) is 6.92 Å². The van der Waals surface area contributed by atoms with Crippen LogP contribution in [-0.4, -0.2) is 42.8 Å². The normalized spacial score (nSPS) is 17.1. The third kappa shape index (κ3) is 4.09. The summed E-state index contributed by atoms with van der Waals surface area (Å²) < 4.78 is 25.1. The zero-order valence-electron chi connectivity index (χ0n) is 10.3. The molecule has 0 aliphatic rings. The summed E-state index contributed by atoms with van der Waals surface area (Å²) in [7, 11) is -1.77. The Bertz CT molecular complexity index is 274. The molecule has 5 heteroatoms. The van der Waals surface area contributed by atoms with Crippen molar-refractivity contribution in [2.24, 2.45) is 5.92 Å². The topological polar surface area (TPSA) is 57.6 Å². The summed E-state index contributed by atoms with van der Waals surface area (Å²) in [6.45, 7) is 7.20. The van der Waals surface area contributed by atoms with Crippen LogP contribution in [0.4, 0.5) is 0 Å². The molecule has 0 rings (SSSR count). The molecular weight excluding hydrogens is 214 g/mol. The van der Waals surface area contributed by atoms with Gasteiger partial charge in [-0.3, -0.25) is 0 Å². The highest BCUT2D eigenvalue weighted by Crippen LogP contribution is 2.15. The summed E-state index contributed by atoms with van der Waals surface area (Å²) in [6, 6.07) is -0.0241. The first-order valence-electron chi connectivity index (χ1n) is 5.31. The molecule has 1 N–H and O–H groups in total. The Morgan fingerprint density at radius 3 is 2.00 bits per heavy atom. The van der Waals surface area contributed by atoms with Crippen LogP contribution < -0.4 is 0 Å². The highest BCUT2D eigenvalue weighted by Gasteiger charge is 2.28. The van der Waals surface area contributed by atoms with Crippen LogP contribution in [0.3, 0.4) is 0 Å². The van der Waals surface area contributed by atoms with Crippen LogP contribution >= 0.6 is 0 Å². The van der Waals surface area contributed by atoms with Crippen molar-refractivity contribution >= 4 is 10.0 Å². The minimum atomic E-state index is -3.35. The van der Waals surface area contributed by atoms with Gasteiger partial charge >= 0.3 is 0 Å². The molecule has 0 aromatic carbocycles. The second kappa shape index (κ2) is 5.82. The fourth-order valence-corrected chi connectivity index (χ4v) is 2.80. The lowest BCUT2D eigenvalue weighted by Gasteiger charge is -2.27. The van der Waals surface area contributed by atoms with Crippen LogP contribution in [0.5, 0.6) is 0 Å². The van der Waals surface area contributed by atoms with Crippen LogP contribution in [0.1, 0.15) is 34.1 Å². The van der Waals surface area contributed by atoms with Crippen molar-refractivity contribution < 1.29 is 13.5 Å². The van der Waals surface area contributed by atoms with Crippen molar-refractivity contribution in [3.8, 4) is 0 Å². The van der Waals surface area contributed by atoms with E-state index in [2.05, 4.69) is 13.8 Å². The van der Waals surface area contributed by atoms with E-state index in [1.165, 1.54) is 11.2 Å². The maximum absolute atomic E-state index is 11.9. The molecule has 2 atom stereocenters. The Hall–Kier alpha value is -0.130. The van der Waals surface area contributed by atoms with Crippen molar-refractivity contribution in [3.63, 3.8) is 0 Å². The number of sulfonamides is 1. The molecule has 92 valence electrons. The Morgan fingerprint density at radius 2 is 1.67 bits per heavy atom. The molecule has 0 saturated carbocycles. The lowest BCUT2D eigenvalue weighted by molar-refractivity contribution is 0.282. The average molecular weight is 237 g/mol. The maximum atomic E-state index is 11.9. The lowest BCUT2D eigenvalue weighted by Crippen LogP contribution is -2.42. The Kier molecular flexibility index (Phi) is 5.77. The van der Waals surface area contributed by atoms with Gasteiger partial charge in [0.2, 0.25) is 10.0 Å². The number of hydrogen-bond donors (Lipinski definition) is 1. The molecule has 4 nitrogen and oxygen atoms in total. The van der Waals surface area contributed by atoms with Gasteiger partial charge in [0.15, 0.2) is 0 Å². The quantitative estimate of drug-likeness (QED) is 0.751. The van der Waals surface area contributed by atoms with Crippen molar-refractivity contribution in [1.82, 2.24) is 4.31 Å². The minimum absolute atomic E-state index is 0.0241. The van der Waals surface area contributed by atoms with E-state index < -0.39 is 15.3 Å². The molecule has 0 heterocycles. The van der Waals surface area contributed by atoms with Crippen LogP contribution in [0.15, 0.2) is 0 Å². The van der Waals surface area contributed by atoms with Crippen LogP contribution in [0.2, 0.25) is 0 Å². The first-order valence-corrected chi connectivity index (χ1v) is 6.81. The highest BCUT2D eigenvalue weighted by molar-refractivity contribution is 7.89. The molecule has 0 aliphatic carbocycles. The minimum Gasteiger partial charge on any atom is -0.395 e. The lowest BCUT2D eigenvalue weighted by atomic mass is 10.1.